The number of aromatic nitrogens is 3. The number of hydrogen-bond acceptors (Lipinski definition) is 5. The highest BCUT2D eigenvalue weighted by atomic mass is 35.5. The second-order valence-corrected chi connectivity index (χ2v) is 7.00. The van der Waals surface area contributed by atoms with Crippen molar-refractivity contribution in [3.63, 3.8) is 0 Å². The minimum absolute atomic E-state index is 0.247. The van der Waals surface area contributed by atoms with Crippen LogP contribution in [0.3, 0.4) is 0 Å². The molecule has 26 heavy (non-hydrogen) atoms. The molecule has 0 saturated carbocycles. The van der Waals surface area contributed by atoms with Gasteiger partial charge in [0.15, 0.2) is 0 Å². The van der Waals surface area contributed by atoms with Crippen LogP contribution >= 0.6 is 22.9 Å². The molecule has 4 aromatic rings. The van der Waals surface area contributed by atoms with Crippen LogP contribution in [-0.4, -0.2) is 25.7 Å². The Morgan fingerprint density at radius 2 is 2.04 bits per heavy atom. The molecule has 4 rings (SSSR count). The molecule has 0 bridgehead atoms. The molecule has 8 heteroatoms. The monoisotopic (exact) mass is 384 g/mol. The third-order valence-corrected chi connectivity index (χ3v) is 4.96. The standard InChI is InChI=1S/C18H13ClN4O2S/c19-14-3-1-2-11(8-14)9-20-17-22-23-15(10-21-18(23)26-17)12-4-6-13(7-5-12)16(24)25/h1-8,10H,9H2,(H,20,22)(H,24,25). The molecule has 6 nitrogen and oxygen atoms in total. The van der Waals surface area contributed by atoms with Crippen LogP contribution < -0.4 is 5.32 Å². The van der Waals surface area contributed by atoms with E-state index in [1.165, 1.54) is 11.3 Å². The lowest BCUT2D eigenvalue weighted by molar-refractivity contribution is 0.0697. The van der Waals surface area contributed by atoms with Gasteiger partial charge >= 0.3 is 5.97 Å². The van der Waals surface area contributed by atoms with Crippen molar-refractivity contribution in [1.29, 1.82) is 0 Å². The van der Waals surface area contributed by atoms with Crippen LogP contribution in [0, 0.1) is 0 Å². The minimum Gasteiger partial charge on any atom is -0.478 e. The Morgan fingerprint density at radius 1 is 1.23 bits per heavy atom. The summed E-state index contributed by atoms with van der Waals surface area (Å²) in [6.45, 7) is 0.611. The first-order valence-corrected chi connectivity index (χ1v) is 8.96. The van der Waals surface area contributed by atoms with E-state index >= 15 is 0 Å². The molecule has 2 N–H and O–H groups in total. The van der Waals surface area contributed by atoms with E-state index in [-0.39, 0.29) is 5.56 Å². The van der Waals surface area contributed by atoms with Gasteiger partial charge in [0.1, 0.15) is 0 Å². The fraction of sp³-hybridized carbons (Fsp3) is 0.0556. The van der Waals surface area contributed by atoms with E-state index in [1.807, 2.05) is 24.3 Å². The van der Waals surface area contributed by atoms with E-state index in [4.69, 9.17) is 16.7 Å². The molecule has 2 heterocycles. The number of nitrogens with zero attached hydrogens (tertiary/aromatic N) is 3. The maximum absolute atomic E-state index is 11.0. The van der Waals surface area contributed by atoms with E-state index in [0.29, 0.717) is 11.6 Å². The highest BCUT2D eigenvalue weighted by Crippen LogP contribution is 2.26. The Kier molecular flexibility index (Phi) is 4.32. The van der Waals surface area contributed by atoms with Crippen molar-refractivity contribution < 1.29 is 9.90 Å². The summed E-state index contributed by atoms with van der Waals surface area (Å²) in [5.74, 6) is -0.948. The number of anilines is 1. The Morgan fingerprint density at radius 3 is 2.77 bits per heavy atom. The summed E-state index contributed by atoms with van der Waals surface area (Å²) in [4.78, 5) is 16.1. The molecule has 0 aliphatic rings. The molecule has 0 aliphatic heterocycles. The molecule has 130 valence electrons. The van der Waals surface area contributed by atoms with Crippen LogP contribution in [0.1, 0.15) is 15.9 Å². The van der Waals surface area contributed by atoms with Gasteiger partial charge in [-0.3, -0.25) is 0 Å². The maximum atomic E-state index is 11.0. The third-order valence-electron chi connectivity index (χ3n) is 3.85. The minimum atomic E-state index is -0.948. The maximum Gasteiger partial charge on any atom is 0.335 e. The summed E-state index contributed by atoms with van der Waals surface area (Å²) < 4.78 is 1.75. The predicted octanol–water partition coefficient (Wildman–Crippen LogP) is 4.42. The van der Waals surface area contributed by atoms with E-state index in [1.54, 1.807) is 35.0 Å². The van der Waals surface area contributed by atoms with Gasteiger partial charge < -0.3 is 10.4 Å². The molecule has 0 unspecified atom stereocenters. The normalized spacial score (nSPS) is 11.0. The lowest BCUT2D eigenvalue weighted by Crippen LogP contribution is -2.00. The second kappa shape index (κ2) is 6.78. The number of rotatable bonds is 5. The average molecular weight is 385 g/mol. The zero-order chi connectivity index (χ0) is 18.1. The van der Waals surface area contributed by atoms with Gasteiger partial charge in [-0.1, -0.05) is 47.2 Å². The highest BCUT2D eigenvalue weighted by Gasteiger charge is 2.12. The number of halogens is 1. The van der Waals surface area contributed by atoms with Crippen molar-refractivity contribution in [3.8, 4) is 11.3 Å². The molecular weight excluding hydrogens is 372 g/mol. The third kappa shape index (κ3) is 3.26. The van der Waals surface area contributed by atoms with Gasteiger partial charge in [-0.15, -0.1) is 5.10 Å². The fourth-order valence-corrected chi connectivity index (χ4v) is 3.55. The van der Waals surface area contributed by atoms with Crippen molar-refractivity contribution in [2.75, 3.05) is 5.32 Å². The molecule has 0 amide bonds. The van der Waals surface area contributed by atoms with Crippen LogP contribution in [0.2, 0.25) is 5.02 Å². The molecule has 2 aromatic heterocycles. The van der Waals surface area contributed by atoms with Gasteiger partial charge in [0.25, 0.3) is 0 Å². The van der Waals surface area contributed by atoms with E-state index in [0.717, 1.165) is 26.9 Å². The van der Waals surface area contributed by atoms with Gasteiger partial charge in [-0.25, -0.2) is 14.3 Å². The Hall–Kier alpha value is -2.90. The molecule has 0 spiro atoms. The molecule has 0 fully saturated rings. The number of aromatic carboxylic acids is 1. The molecule has 0 saturated heterocycles. The number of carboxylic acids is 1. The first-order valence-electron chi connectivity index (χ1n) is 7.77. The highest BCUT2D eigenvalue weighted by molar-refractivity contribution is 7.20. The summed E-state index contributed by atoms with van der Waals surface area (Å²) in [5, 5.41) is 18.3. The summed E-state index contributed by atoms with van der Waals surface area (Å²) in [7, 11) is 0. The van der Waals surface area contributed by atoms with Gasteiger partial charge in [0, 0.05) is 17.1 Å². The van der Waals surface area contributed by atoms with E-state index in [2.05, 4.69) is 15.4 Å². The average Bonchev–Trinajstić information content (AvgIpc) is 3.20. The van der Waals surface area contributed by atoms with Crippen LogP contribution in [0.25, 0.3) is 16.2 Å². The molecule has 0 aliphatic carbocycles. The van der Waals surface area contributed by atoms with Gasteiger partial charge in [-0.05, 0) is 29.8 Å². The van der Waals surface area contributed by atoms with E-state index < -0.39 is 5.97 Å². The predicted molar refractivity (Wildman–Crippen MR) is 102 cm³/mol. The van der Waals surface area contributed by atoms with Crippen molar-refractivity contribution >= 4 is 39.0 Å². The van der Waals surface area contributed by atoms with Gasteiger partial charge in [0.05, 0.1) is 17.5 Å². The van der Waals surface area contributed by atoms with Gasteiger partial charge in [0.2, 0.25) is 10.1 Å². The second-order valence-electron chi connectivity index (χ2n) is 5.61. The number of nitrogens with one attached hydrogen (secondary N) is 1. The van der Waals surface area contributed by atoms with Gasteiger partial charge in [-0.2, -0.15) is 0 Å². The summed E-state index contributed by atoms with van der Waals surface area (Å²) in [5.41, 5.74) is 2.98. The van der Waals surface area contributed by atoms with Crippen molar-refractivity contribution in [1.82, 2.24) is 14.6 Å². The number of carbonyl (C=O) groups is 1. The largest absolute Gasteiger partial charge is 0.478 e. The molecule has 0 radical (unpaired) electrons. The number of fused-ring (bicyclic) bond motifs is 1. The Bertz CT molecular complexity index is 1090. The Balaban J connectivity index is 1.57. The summed E-state index contributed by atoms with van der Waals surface area (Å²) >= 11 is 7.45. The number of benzene rings is 2. The first kappa shape index (κ1) is 16.6. The van der Waals surface area contributed by atoms with Crippen LogP contribution in [-0.2, 0) is 6.54 Å². The fourth-order valence-electron chi connectivity index (χ4n) is 2.57. The zero-order valence-corrected chi connectivity index (χ0v) is 15.0. The Labute approximate surface area is 157 Å². The van der Waals surface area contributed by atoms with E-state index in [9.17, 15) is 4.79 Å². The zero-order valence-electron chi connectivity index (χ0n) is 13.4. The lowest BCUT2D eigenvalue weighted by Gasteiger charge is -2.03. The SMILES string of the molecule is O=C(O)c1ccc(-c2cnc3sc(NCc4cccc(Cl)c4)nn23)cc1. The quantitative estimate of drug-likeness (QED) is 0.532. The summed E-state index contributed by atoms with van der Waals surface area (Å²) in [6, 6.07) is 14.3. The molecular formula is C18H13ClN4O2S. The number of imidazole rings is 1. The van der Waals surface area contributed by atoms with Crippen LogP contribution in [0.15, 0.2) is 54.7 Å². The topological polar surface area (TPSA) is 79.5 Å². The van der Waals surface area contributed by atoms with Crippen molar-refractivity contribution in [2.45, 2.75) is 6.54 Å². The molecule has 0 atom stereocenters. The number of hydrogen-bond donors (Lipinski definition) is 2. The number of carboxylic acid groups (broad SMARTS) is 1. The van der Waals surface area contributed by atoms with Crippen LogP contribution in [0.5, 0.6) is 0 Å². The lowest BCUT2D eigenvalue weighted by atomic mass is 10.1. The molecule has 2 aromatic carbocycles. The van der Waals surface area contributed by atoms with Crippen LogP contribution in [0.4, 0.5) is 5.13 Å². The van der Waals surface area contributed by atoms with Crippen molar-refractivity contribution in [2.24, 2.45) is 0 Å². The van der Waals surface area contributed by atoms with Crippen molar-refractivity contribution in [3.05, 3.63) is 70.9 Å². The first-order chi connectivity index (χ1) is 12.6. The smallest absolute Gasteiger partial charge is 0.335 e. The summed E-state index contributed by atoms with van der Waals surface area (Å²) in [6.07, 6.45) is 1.73.